The molecule has 0 N–H and O–H groups in total. The molecule has 2 aromatic rings. The molecular weight excluding hydrogens is 487 g/mol. The lowest BCUT2D eigenvalue weighted by atomic mass is 9.62. The maximum atomic E-state index is 11.7. The highest BCUT2D eigenvalue weighted by Crippen LogP contribution is 2.47. The highest BCUT2D eigenvalue weighted by Gasteiger charge is 2.37. The molecule has 1 aliphatic carbocycles. The Morgan fingerprint density at radius 3 is 2.23 bits per heavy atom. The molecule has 0 atom stereocenters. The van der Waals surface area contributed by atoms with Gasteiger partial charge in [-0.25, -0.2) is 4.79 Å². The summed E-state index contributed by atoms with van der Waals surface area (Å²) >= 11 is 2.18. The molecule has 2 aromatic carbocycles. The molecule has 0 bridgehead atoms. The van der Waals surface area contributed by atoms with E-state index >= 15 is 0 Å². The van der Waals surface area contributed by atoms with E-state index < -0.39 is 0 Å². The van der Waals surface area contributed by atoms with Gasteiger partial charge in [-0.05, 0) is 99.2 Å². The van der Waals surface area contributed by atoms with Gasteiger partial charge in [0.25, 0.3) is 0 Å². The van der Waals surface area contributed by atoms with Crippen molar-refractivity contribution in [2.45, 2.75) is 58.3 Å². The van der Waals surface area contributed by atoms with Crippen LogP contribution in [0.15, 0.2) is 36.9 Å². The summed E-state index contributed by atoms with van der Waals surface area (Å²) in [6.45, 7) is 16.2. The summed E-state index contributed by atoms with van der Waals surface area (Å²) in [5.41, 5.74) is 7.13. The number of benzene rings is 2. The van der Waals surface area contributed by atoms with Crippen LogP contribution in [0.5, 0.6) is 5.75 Å². The number of hydrogen-bond acceptors (Lipinski definition) is 3. The van der Waals surface area contributed by atoms with Crippen LogP contribution < -0.4 is 4.74 Å². The summed E-state index contributed by atoms with van der Waals surface area (Å²) in [6.07, 6.45) is 2.39. The van der Waals surface area contributed by atoms with Gasteiger partial charge in [0, 0.05) is 0 Å². The Labute approximate surface area is 194 Å². The van der Waals surface area contributed by atoms with Crippen LogP contribution >= 0.6 is 22.6 Å². The molecule has 30 heavy (non-hydrogen) atoms. The van der Waals surface area contributed by atoms with E-state index in [0.29, 0.717) is 12.2 Å². The van der Waals surface area contributed by atoms with Crippen LogP contribution in [0.4, 0.5) is 0 Å². The van der Waals surface area contributed by atoms with Crippen molar-refractivity contribution in [3.8, 4) is 5.75 Å². The number of esters is 1. The predicted molar refractivity (Wildman–Crippen MR) is 131 cm³/mol. The van der Waals surface area contributed by atoms with Gasteiger partial charge < -0.3 is 9.47 Å². The van der Waals surface area contributed by atoms with Crippen molar-refractivity contribution < 1.29 is 14.3 Å². The Hall–Kier alpha value is -1.82. The molecule has 0 amide bonds. The maximum Gasteiger partial charge on any atom is 0.337 e. The number of carbonyl (C=O) groups excluding carboxylic acids is 1. The second-order valence-corrected chi connectivity index (χ2v) is 10.7. The Bertz CT molecular complexity index is 1000. The van der Waals surface area contributed by atoms with Crippen LogP contribution in [0.1, 0.15) is 73.1 Å². The predicted octanol–water partition coefficient (Wildman–Crippen LogP) is 6.83. The average molecular weight is 518 g/mol. The van der Waals surface area contributed by atoms with Crippen LogP contribution in [0.25, 0.3) is 5.57 Å². The number of fused-ring (bicyclic) bond motifs is 1. The van der Waals surface area contributed by atoms with Crippen LogP contribution in [-0.4, -0.2) is 19.7 Å². The number of rotatable bonds is 5. The Kier molecular flexibility index (Phi) is 6.38. The summed E-state index contributed by atoms with van der Waals surface area (Å²) in [6, 6.07) is 10.0. The zero-order valence-electron chi connectivity index (χ0n) is 18.8. The fraction of sp³-hybridized carbons (Fsp3) is 0.423. The van der Waals surface area contributed by atoms with E-state index in [1.807, 2.05) is 6.07 Å². The first-order chi connectivity index (χ1) is 14.0. The fourth-order valence-corrected chi connectivity index (χ4v) is 4.88. The standard InChI is InChI=1S/C26H31IO3/c1-16-12-20-21(26(5,6)11-10-25(20,3)4)14-19(16)17(2)15-30-23-9-8-18(13-22(23)27)24(28)29-7/h8-9,12-14H,2,10-11,15H2,1,3-7H3. The molecule has 0 aromatic heterocycles. The first-order valence-corrected chi connectivity index (χ1v) is 11.4. The van der Waals surface area contributed by atoms with E-state index in [9.17, 15) is 4.79 Å². The van der Waals surface area contributed by atoms with Crippen molar-refractivity contribution in [3.63, 3.8) is 0 Å². The molecule has 0 saturated carbocycles. The summed E-state index contributed by atoms with van der Waals surface area (Å²) in [4.78, 5) is 11.7. The smallest absolute Gasteiger partial charge is 0.337 e. The van der Waals surface area contributed by atoms with Crippen molar-refractivity contribution in [2.24, 2.45) is 0 Å². The van der Waals surface area contributed by atoms with Gasteiger partial charge in [-0.2, -0.15) is 0 Å². The highest BCUT2D eigenvalue weighted by atomic mass is 127. The number of aryl methyl sites for hydroxylation is 1. The van der Waals surface area contributed by atoms with E-state index in [0.717, 1.165) is 14.9 Å². The first-order valence-electron chi connectivity index (χ1n) is 10.3. The Morgan fingerprint density at radius 1 is 1.07 bits per heavy atom. The number of halogens is 1. The molecule has 0 radical (unpaired) electrons. The van der Waals surface area contributed by atoms with Gasteiger partial charge in [-0.3, -0.25) is 0 Å². The van der Waals surface area contributed by atoms with Gasteiger partial charge in [0.1, 0.15) is 12.4 Å². The van der Waals surface area contributed by atoms with Gasteiger partial charge in [-0.1, -0.05) is 46.4 Å². The highest BCUT2D eigenvalue weighted by molar-refractivity contribution is 14.1. The van der Waals surface area contributed by atoms with E-state index in [-0.39, 0.29) is 16.8 Å². The number of hydrogen-bond donors (Lipinski definition) is 0. The molecule has 1 aliphatic rings. The zero-order chi connectivity index (χ0) is 22.3. The van der Waals surface area contributed by atoms with Crippen LogP contribution in [0.3, 0.4) is 0 Å². The Balaban J connectivity index is 1.84. The monoisotopic (exact) mass is 518 g/mol. The van der Waals surface area contributed by atoms with E-state index in [4.69, 9.17) is 9.47 Å². The van der Waals surface area contributed by atoms with Crippen molar-refractivity contribution in [1.29, 1.82) is 0 Å². The minimum absolute atomic E-state index is 0.160. The second kappa shape index (κ2) is 8.37. The fourth-order valence-electron chi connectivity index (χ4n) is 4.21. The third-order valence-corrected chi connectivity index (χ3v) is 7.18. The van der Waals surface area contributed by atoms with Crippen molar-refractivity contribution in [1.82, 2.24) is 0 Å². The Morgan fingerprint density at radius 2 is 1.67 bits per heavy atom. The zero-order valence-corrected chi connectivity index (χ0v) is 21.0. The second-order valence-electron chi connectivity index (χ2n) is 9.51. The SMILES string of the molecule is C=C(COc1ccc(C(=O)OC)cc1I)c1cc2c(cc1C)C(C)(C)CCC2(C)C. The summed E-state index contributed by atoms with van der Waals surface area (Å²) in [5, 5.41) is 0. The van der Waals surface area contributed by atoms with Crippen LogP contribution in [0, 0.1) is 10.5 Å². The van der Waals surface area contributed by atoms with Gasteiger partial charge in [0.2, 0.25) is 0 Å². The summed E-state index contributed by atoms with van der Waals surface area (Å²) in [5.74, 6) is 0.389. The minimum atomic E-state index is -0.348. The average Bonchev–Trinajstić information content (AvgIpc) is 2.69. The molecule has 3 rings (SSSR count). The number of methoxy groups -OCH3 is 1. The molecule has 160 valence electrons. The summed E-state index contributed by atoms with van der Waals surface area (Å²) < 4.78 is 11.7. The van der Waals surface area contributed by atoms with E-state index in [1.165, 1.54) is 42.2 Å². The molecule has 0 saturated heterocycles. The molecule has 0 fully saturated rings. The quantitative estimate of drug-likeness (QED) is 0.322. The lowest BCUT2D eigenvalue weighted by Crippen LogP contribution is -2.34. The topological polar surface area (TPSA) is 35.5 Å². The maximum absolute atomic E-state index is 11.7. The largest absolute Gasteiger partial charge is 0.488 e. The van der Waals surface area contributed by atoms with Crippen molar-refractivity contribution in [2.75, 3.05) is 13.7 Å². The molecule has 0 spiro atoms. The normalized spacial score (nSPS) is 16.5. The van der Waals surface area contributed by atoms with E-state index in [2.05, 4.69) is 75.9 Å². The van der Waals surface area contributed by atoms with Crippen molar-refractivity contribution in [3.05, 3.63) is 68.3 Å². The van der Waals surface area contributed by atoms with E-state index in [1.54, 1.807) is 12.1 Å². The number of ether oxygens (including phenoxy) is 2. The molecule has 0 unspecified atom stereocenters. The lowest BCUT2D eigenvalue weighted by molar-refractivity contribution is 0.0600. The first kappa shape index (κ1) is 22.9. The third kappa shape index (κ3) is 4.43. The molecule has 0 aliphatic heterocycles. The number of carbonyl (C=O) groups is 1. The lowest BCUT2D eigenvalue weighted by Gasteiger charge is -2.42. The molecule has 3 nitrogen and oxygen atoms in total. The molecule has 4 heteroatoms. The van der Waals surface area contributed by atoms with Crippen molar-refractivity contribution >= 4 is 34.1 Å². The third-order valence-electron chi connectivity index (χ3n) is 6.33. The van der Waals surface area contributed by atoms with Gasteiger partial charge >= 0.3 is 5.97 Å². The molecular formula is C26H31IO3. The minimum Gasteiger partial charge on any atom is -0.488 e. The van der Waals surface area contributed by atoms with Gasteiger partial charge in [0.15, 0.2) is 0 Å². The van der Waals surface area contributed by atoms with Gasteiger partial charge in [-0.15, -0.1) is 0 Å². The van der Waals surface area contributed by atoms with Gasteiger partial charge in [0.05, 0.1) is 16.2 Å². The summed E-state index contributed by atoms with van der Waals surface area (Å²) in [7, 11) is 1.38. The molecule has 0 heterocycles. The van der Waals surface area contributed by atoms with Crippen LogP contribution in [0.2, 0.25) is 0 Å². The van der Waals surface area contributed by atoms with Crippen LogP contribution in [-0.2, 0) is 15.6 Å².